The van der Waals surface area contributed by atoms with Crippen molar-refractivity contribution in [3.05, 3.63) is 52.5 Å². The summed E-state index contributed by atoms with van der Waals surface area (Å²) in [6.07, 6.45) is 2.20. The van der Waals surface area contributed by atoms with Crippen LogP contribution in [0.2, 0.25) is 0 Å². The number of benzene rings is 2. The summed E-state index contributed by atoms with van der Waals surface area (Å²) in [5.74, 6) is 0.475. The second kappa shape index (κ2) is 8.74. The van der Waals surface area contributed by atoms with Crippen LogP contribution in [-0.2, 0) is 5.41 Å². The van der Waals surface area contributed by atoms with Gasteiger partial charge in [0.15, 0.2) is 16.7 Å². The number of anilines is 2. The highest BCUT2D eigenvalue weighted by Gasteiger charge is 2.39. The van der Waals surface area contributed by atoms with E-state index in [0.29, 0.717) is 17.1 Å². The van der Waals surface area contributed by atoms with Gasteiger partial charge in [-0.15, -0.1) is 0 Å². The van der Waals surface area contributed by atoms with Crippen LogP contribution in [0.4, 0.5) is 11.4 Å². The Morgan fingerprint density at radius 3 is 2.62 bits per heavy atom. The first-order chi connectivity index (χ1) is 18.7. The molecule has 2 aromatic carbocycles. The molecule has 0 amide bonds. The van der Waals surface area contributed by atoms with Crippen molar-refractivity contribution in [2.45, 2.75) is 58.8 Å². The lowest BCUT2D eigenvalue weighted by atomic mass is 9.73. The SMILES string of the molecule is CC.CC1CCN2CCC(C)(C)c3c2c1cc1cc2c(oc31)c(C#N)c(=N)n1c3ccc(N(C)C)cc3nc21. The number of pyridine rings is 1. The molecule has 7 nitrogen and oxygen atoms in total. The summed E-state index contributed by atoms with van der Waals surface area (Å²) in [6, 6.07) is 12.7. The van der Waals surface area contributed by atoms with Gasteiger partial charge >= 0.3 is 0 Å². The molecule has 7 rings (SSSR count). The van der Waals surface area contributed by atoms with Crippen molar-refractivity contribution in [2.24, 2.45) is 0 Å². The van der Waals surface area contributed by atoms with Crippen molar-refractivity contribution in [3.8, 4) is 6.07 Å². The number of nitrogens with one attached hydrogen (secondary N) is 1. The van der Waals surface area contributed by atoms with Crippen LogP contribution in [0.3, 0.4) is 0 Å². The molecule has 1 N–H and O–H groups in total. The monoisotopic (exact) mass is 520 g/mol. The molecule has 0 saturated carbocycles. The Kier molecular flexibility index (Phi) is 5.65. The van der Waals surface area contributed by atoms with Crippen LogP contribution in [0.15, 0.2) is 34.7 Å². The summed E-state index contributed by atoms with van der Waals surface area (Å²) in [4.78, 5) is 9.52. The van der Waals surface area contributed by atoms with Crippen molar-refractivity contribution in [2.75, 3.05) is 37.0 Å². The van der Waals surface area contributed by atoms with Crippen molar-refractivity contribution in [1.29, 1.82) is 10.7 Å². The molecule has 0 bridgehead atoms. The first kappa shape index (κ1) is 25.2. The third-order valence-electron chi connectivity index (χ3n) is 8.62. The van der Waals surface area contributed by atoms with E-state index in [1.54, 1.807) is 4.40 Å². The highest BCUT2D eigenvalue weighted by Crippen LogP contribution is 2.50. The number of nitriles is 1. The summed E-state index contributed by atoms with van der Waals surface area (Å²) < 4.78 is 8.51. The third kappa shape index (κ3) is 3.47. The Labute approximate surface area is 228 Å². The van der Waals surface area contributed by atoms with E-state index >= 15 is 0 Å². The van der Waals surface area contributed by atoms with Gasteiger partial charge in [-0.3, -0.25) is 9.81 Å². The van der Waals surface area contributed by atoms with Gasteiger partial charge in [0.1, 0.15) is 17.2 Å². The number of rotatable bonds is 1. The molecule has 0 saturated heterocycles. The van der Waals surface area contributed by atoms with Crippen LogP contribution in [0.25, 0.3) is 38.6 Å². The van der Waals surface area contributed by atoms with Crippen molar-refractivity contribution in [1.82, 2.24) is 9.38 Å². The van der Waals surface area contributed by atoms with E-state index in [9.17, 15) is 5.26 Å². The zero-order valence-corrected chi connectivity index (χ0v) is 23.9. The Hall–Kier alpha value is -4.05. The number of imidazole rings is 1. The van der Waals surface area contributed by atoms with Crippen molar-refractivity contribution < 1.29 is 4.42 Å². The lowest BCUT2D eigenvalue weighted by Crippen LogP contribution is -2.41. The highest BCUT2D eigenvalue weighted by atomic mass is 16.3. The van der Waals surface area contributed by atoms with Crippen molar-refractivity contribution in [3.63, 3.8) is 0 Å². The fourth-order valence-corrected chi connectivity index (χ4v) is 6.45. The van der Waals surface area contributed by atoms with Crippen LogP contribution in [0, 0.1) is 16.7 Å². The largest absolute Gasteiger partial charge is 0.454 e. The molecule has 39 heavy (non-hydrogen) atoms. The zero-order valence-electron chi connectivity index (χ0n) is 23.9. The molecule has 0 aliphatic carbocycles. The molecule has 2 aliphatic rings. The molecule has 0 fully saturated rings. The molecule has 2 aliphatic heterocycles. The first-order valence-corrected chi connectivity index (χ1v) is 14.0. The molecular formula is C32H36N6O. The molecule has 5 heterocycles. The molecule has 7 heteroatoms. The number of fused-ring (bicyclic) bond motifs is 7. The lowest BCUT2D eigenvalue weighted by molar-refractivity contribution is 0.435. The third-order valence-corrected chi connectivity index (χ3v) is 8.62. The molecular weight excluding hydrogens is 484 g/mol. The van der Waals surface area contributed by atoms with Gasteiger partial charge in [0.2, 0.25) is 0 Å². The van der Waals surface area contributed by atoms with Gasteiger partial charge in [-0.1, -0.05) is 34.6 Å². The minimum atomic E-state index is -0.0560. The molecule has 200 valence electrons. The number of hydrogen-bond acceptors (Lipinski definition) is 6. The number of nitrogens with zero attached hydrogens (tertiary/aromatic N) is 5. The Morgan fingerprint density at radius 1 is 1.13 bits per heavy atom. The zero-order chi connectivity index (χ0) is 27.8. The number of aromatic nitrogens is 2. The van der Waals surface area contributed by atoms with Crippen LogP contribution in [0.1, 0.15) is 70.1 Å². The summed E-state index contributed by atoms with van der Waals surface area (Å²) in [7, 11) is 4.00. The maximum atomic E-state index is 10.2. The molecule has 0 radical (unpaired) electrons. The van der Waals surface area contributed by atoms with E-state index < -0.39 is 0 Å². The van der Waals surface area contributed by atoms with E-state index in [1.807, 2.05) is 51.0 Å². The predicted molar refractivity (Wildman–Crippen MR) is 159 cm³/mol. The molecule has 5 aromatic rings. The average molecular weight is 521 g/mol. The standard InChI is InChI=1S/C30H30N6O.C2H6/c1-16-8-10-35-11-9-30(2,3)24-25(35)19(16)12-17-13-20-27(37-26(17)24)21(15-31)28(32)36-23-7-6-18(34(4)5)14-22(23)33-29(20)36;1-2/h6-7,12-14,16,32H,8-11H2,1-5H3;1-2H3. The van der Waals surface area contributed by atoms with E-state index in [-0.39, 0.29) is 16.5 Å². The quantitative estimate of drug-likeness (QED) is 0.245. The van der Waals surface area contributed by atoms with Crippen LogP contribution < -0.4 is 15.3 Å². The van der Waals surface area contributed by atoms with Gasteiger partial charge in [0.25, 0.3) is 0 Å². The fourth-order valence-electron chi connectivity index (χ4n) is 6.45. The van der Waals surface area contributed by atoms with Crippen LogP contribution >= 0.6 is 0 Å². The Bertz CT molecular complexity index is 1900. The summed E-state index contributed by atoms with van der Waals surface area (Å²) in [5, 5.41) is 21.0. The molecule has 1 atom stereocenters. The van der Waals surface area contributed by atoms with Gasteiger partial charge in [-0.2, -0.15) is 5.26 Å². The normalized spacial score (nSPS) is 17.7. The molecule has 0 spiro atoms. The van der Waals surface area contributed by atoms with Gasteiger partial charge in [0.05, 0.1) is 16.4 Å². The molecule has 1 unspecified atom stereocenters. The van der Waals surface area contributed by atoms with Gasteiger partial charge in [0, 0.05) is 49.5 Å². The minimum absolute atomic E-state index is 0.0560. The summed E-state index contributed by atoms with van der Waals surface area (Å²) in [5.41, 5.74) is 8.80. The highest BCUT2D eigenvalue weighted by molar-refractivity contribution is 6.04. The summed E-state index contributed by atoms with van der Waals surface area (Å²) >= 11 is 0. The van der Waals surface area contributed by atoms with Gasteiger partial charge in [-0.25, -0.2) is 4.98 Å². The Morgan fingerprint density at radius 2 is 1.90 bits per heavy atom. The van der Waals surface area contributed by atoms with E-state index in [0.717, 1.165) is 59.0 Å². The minimum Gasteiger partial charge on any atom is -0.454 e. The maximum Gasteiger partial charge on any atom is 0.160 e. The molecule has 3 aromatic heterocycles. The number of hydrogen-bond donors (Lipinski definition) is 1. The average Bonchev–Trinajstić information content (AvgIpc) is 3.31. The maximum absolute atomic E-state index is 10.2. The second-order valence-corrected chi connectivity index (χ2v) is 11.6. The van der Waals surface area contributed by atoms with Gasteiger partial charge < -0.3 is 14.2 Å². The van der Waals surface area contributed by atoms with E-state index in [1.165, 1.54) is 16.8 Å². The van der Waals surface area contributed by atoms with Crippen LogP contribution in [-0.4, -0.2) is 36.6 Å². The lowest BCUT2D eigenvalue weighted by Gasteiger charge is -2.45. The smallest absolute Gasteiger partial charge is 0.160 e. The fraction of sp³-hybridized carbons (Fsp3) is 0.406. The Balaban J connectivity index is 0.00000135. The van der Waals surface area contributed by atoms with Gasteiger partial charge in [-0.05, 0) is 60.1 Å². The van der Waals surface area contributed by atoms with E-state index in [4.69, 9.17) is 14.8 Å². The second-order valence-electron chi connectivity index (χ2n) is 11.6. The summed E-state index contributed by atoms with van der Waals surface area (Å²) in [6.45, 7) is 13.0. The first-order valence-electron chi connectivity index (χ1n) is 14.0. The van der Waals surface area contributed by atoms with Crippen molar-refractivity contribution >= 4 is 50.0 Å². The predicted octanol–water partition coefficient (Wildman–Crippen LogP) is 6.83. The topological polar surface area (TPSA) is 84.6 Å². The van der Waals surface area contributed by atoms with Crippen LogP contribution in [0.5, 0.6) is 0 Å². The van der Waals surface area contributed by atoms with E-state index in [2.05, 4.69) is 43.9 Å².